The van der Waals surface area contributed by atoms with Gasteiger partial charge in [0.2, 0.25) is 0 Å². The molecule has 0 saturated heterocycles. The van der Waals surface area contributed by atoms with Crippen molar-refractivity contribution in [2.24, 2.45) is 0 Å². The van der Waals surface area contributed by atoms with E-state index in [0.717, 1.165) is 17.9 Å². The second-order valence-electron chi connectivity index (χ2n) is 5.27. The van der Waals surface area contributed by atoms with Gasteiger partial charge >= 0.3 is 0 Å². The van der Waals surface area contributed by atoms with Gasteiger partial charge in [0, 0.05) is 36.5 Å². The number of benzene rings is 2. The lowest BCUT2D eigenvalue weighted by molar-refractivity contribution is -0.385. The SMILES string of the molecule is CN(Cc1ccc(F)cc1Br)c1ccc([N+](=O)[O-])cc1S(C)(=O)=O. The number of rotatable bonds is 5. The Morgan fingerprint density at radius 1 is 1.25 bits per heavy atom. The van der Waals surface area contributed by atoms with E-state index >= 15 is 0 Å². The fourth-order valence-electron chi connectivity index (χ4n) is 2.22. The first-order chi connectivity index (χ1) is 11.1. The first kappa shape index (κ1) is 18.3. The molecule has 2 rings (SSSR count). The Bertz CT molecular complexity index is 902. The monoisotopic (exact) mass is 416 g/mol. The van der Waals surface area contributed by atoms with Crippen LogP contribution in [-0.2, 0) is 16.4 Å². The molecule has 0 unspecified atom stereocenters. The van der Waals surface area contributed by atoms with Crippen LogP contribution in [0, 0.1) is 15.9 Å². The van der Waals surface area contributed by atoms with Crippen LogP contribution in [0.15, 0.2) is 45.8 Å². The third-order valence-corrected chi connectivity index (χ3v) is 5.25. The lowest BCUT2D eigenvalue weighted by atomic mass is 10.2. The van der Waals surface area contributed by atoms with Crippen molar-refractivity contribution in [2.45, 2.75) is 11.4 Å². The third-order valence-electron chi connectivity index (χ3n) is 3.39. The maximum Gasteiger partial charge on any atom is 0.270 e. The number of hydrogen-bond acceptors (Lipinski definition) is 5. The molecule has 2 aromatic rings. The van der Waals surface area contributed by atoms with Crippen molar-refractivity contribution >= 4 is 37.1 Å². The van der Waals surface area contributed by atoms with Gasteiger partial charge in [-0.15, -0.1) is 0 Å². The van der Waals surface area contributed by atoms with E-state index in [4.69, 9.17) is 0 Å². The quantitative estimate of drug-likeness (QED) is 0.549. The first-order valence-electron chi connectivity index (χ1n) is 6.73. The zero-order valence-corrected chi connectivity index (χ0v) is 15.3. The van der Waals surface area contributed by atoms with Crippen LogP contribution < -0.4 is 4.90 Å². The van der Waals surface area contributed by atoms with Gasteiger partial charge in [0.05, 0.1) is 15.5 Å². The van der Waals surface area contributed by atoms with Gasteiger partial charge in [-0.1, -0.05) is 22.0 Å². The molecule has 9 heteroatoms. The Balaban J connectivity index is 2.45. The summed E-state index contributed by atoms with van der Waals surface area (Å²) >= 11 is 3.26. The fraction of sp³-hybridized carbons (Fsp3) is 0.200. The minimum Gasteiger partial charge on any atom is -0.369 e. The first-order valence-corrected chi connectivity index (χ1v) is 9.41. The van der Waals surface area contributed by atoms with E-state index in [1.165, 1.54) is 24.3 Å². The maximum absolute atomic E-state index is 13.2. The normalized spacial score (nSPS) is 11.3. The molecule has 0 heterocycles. The molecule has 6 nitrogen and oxygen atoms in total. The summed E-state index contributed by atoms with van der Waals surface area (Å²) in [7, 11) is -2.00. The zero-order chi connectivity index (χ0) is 18.1. The van der Waals surface area contributed by atoms with E-state index in [9.17, 15) is 22.9 Å². The number of nitro benzene ring substituents is 1. The summed E-state index contributed by atoms with van der Waals surface area (Å²) in [4.78, 5) is 11.8. The van der Waals surface area contributed by atoms with E-state index in [1.54, 1.807) is 18.0 Å². The van der Waals surface area contributed by atoms with Crippen LogP contribution in [0.5, 0.6) is 0 Å². The van der Waals surface area contributed by atoms with Crippen molar-refractivity contribution in [3.05, 3.63) is 62.4 Å². The number of sulfone groups is 1. The van der Waals surface area contributed by atoms with E-state index in [0.29, 0.717) is 16.7 Å². The van der Waals surface area contributed by atoms with E-state index in [2.05, 4.69) is 15.9 Å². The molecule has 0 aliphatic rings. The summed E-state index contributed by atoms with van der Waals surface area (Å²) in [5, 5.41) is 10.9. The predicted octanol–water partition coefficient (Wildman–Crippen LogP) is 3.54. The van der Waals surface area contributed by atoms with Crippen LogP contribution in [0.1, 0.15) is 5.56 Å². The molecule has 0 N–H and O–H groups in total. The van der Waals surface area contributed by atoms with Gasteiger partial charge in [-0.25, -0.2) is 12.8 Å². The lowest BCUT2D eigenvalue weighted by Crippen LogP contribution is -2.19. The van der Waals surface area contributed by atoms with Crippen molar-refractivity contribution in [3.8, 4) is 0 Å². The third kappa shape index (κ3) is 4.09. The van der Waals surface area contributed by atoms with Gasteiger partial charge < -0.3 is 4.90 Å². The molecule has 0 aromatic heterocycles. The second-order valence-corrected chi connectivity index (χ2v) is 8.11. The zero-order valence-electron chi connectivity index (χ0n) is 12.9. The summed E-state index contributed by atoms with van der Waals surface area (Å²) < 4.78 is 37.7. The Labute approximate surface area is 147 Å². The Kier molecular flexibility index (Phi) is 5.24. The van der Waals surface area contributed by atoms with Crippen molar-refractivity contribution in [3.63, 3.8) is 0 Å². The second kappa shape index (κ2) is 6.86. The molecule has 0 spiro atoms. The highest BCUT2D eigenvalue weighted by atomic mass is 79.9. The minimum absolute atomic E-state index is 0.127. The predicted molar refractivity (Wildman–Crippen MR) is 92.4 cm³/mol. The fourth-order valence-corrected chi connectivity index (χ4v) is 3.63. The van der Waals surface area contributed by atoms with Crippen molar-refractivity contribution < 1.29 is 17.7 Å². The van der Waals surface area contributed by atoms with Crippen LogP contribution in [0.25, 0.3) is 0 Å². The number of nitrogens with zero attached hydrogens (tertiary/aromatic N) is 2. The average Bonchev–Trinajstić information content (AvgIpc) is 2.48. The Morgan fingerprint density at radius 3 is 2.46 bits per heavy atom. The topological polar surface area (TPSA) is 80.5 Å². The largest absolute Gasteiger partial charge is 0.369 e. The van der Waals surface area contributed by atoms with Gasteiger partial charge in [-0.2, -0.15) is 0 Å². The van der Waals surface area contributed by atoms with Crippen LogP contribution in [0.2, 0.25) is 0 Å². The summed E-state index contributed by atoms with van der Waals surface area (Å²) in [6, 6.07) is 7.90. The van der Waals surface area contributed by atoms with Gasteiger partial charge in [-0.3, -0.25) is 10.1 Å². The van der Waals surface area contributed by atoms with Gasteiger partial charge in [0.15, 0.2) is 9.84 Å². The smallest absolute Gasteiger partial charge is 0.270 e. The molecule has 0 aliphatic heterocycles. The Morgan fingerprint density at radius 2 is 1.92 bits per heavy atom. The number of nitro groups is 1. The highest BCUT2D eigenvalue weighted by Crippen LogP contribution is 2.30. The summed E-state index contributed by atoms with van der Waals surface area (Å²) in [5.74, 6) is -0.388. The van der Waals surface area contributed by atoms with E-state index in [1.807, 2.05) is 0 Å². The van der Waals surface area contributed by atoms with Crippen molar-refractivity contribution in [1.29, 1.82) is 0 Å². The lowest BCUT2D eigenvalue weighted by Gasteiger charge is -2.22. The number of hydrogen-bond donors (Lipinski definition) is 0. The minimum atomic E-state index is -3.66. The average molecular weight is 417 g/mol. The van der Waals surface area contributed by atoms with Gasteiger partial charge in [-0.05, 0) is 23.8 Å². The summed E-state index contributed by atoms with van der Waals surface area (Å²) in [6.45, 7) is 0.293. The van der Waals surface area contributed by atoms with Gasteiger partial charge in [0.25, 0.3) is 5.69 Å². The highest BCUT2D eigenvalue weighted by Gasteiger charge is 2.21. The number of non-ortho nitro benzene ring substituents is 1. The highest BCUT2D eigenvalue weighted by molar-refractivity contribution is 9.10. The van der Waals surface area contributed by atoms with Crippen molar-refractivity contribution in [1.82, 2.24) is 0 Å². The van der Waals surface area contributed by atoms with Gasteiger partial charge in [0.1, 0.15) is 5.82 Å². The molecule has 0 aliphatic carbocycles. The molecule has 24 heavy (non-hydrogen) atoms. The van der Waals surface area contributed by atoms with Crippen LogP contribution in [0.4, 0.5) is 15.8 Å². The molecule has 0 amide bonds. The van der Waals surface area contributed by atoms with E-state index < -0.39 is 14.8 Å². The molecule has 0 atom stereocenters. The standard InChI is InChI=1S/C15H14BrFN2O4S/c1-18(9-10-3-4-11(17)7-13(10)16)14-6-5-12(19(20)21)8-15(14)24(2,22)23/h3-8H,9H2,1-2H3. The summed E-state index contributed by atoms with van der Waals surface area (Å²) in [6.07, 6.45) is 0.997. The molecule has 0 radical (unpaired) electrons. The molecular weight excluding hydrogens is 403 g/mol. The number of anilines is 1. The molecule has 0 bridgehead atoms. The van der Waals surface area contributed by atoms with Crippen LogP contribution in [-0.4, -0.2) is 26.6 Å². The molecule has 2 aromatic carbocycles. The van der Waals surface area contributed by atoms with E-state index in [-0.39, 0.29) is 16.4 Å². The maximum atomic E-state index is 13.2. The van der Waals surface area contributed by atoms with Crippen LogP contribution in [0.3, 0.4) is 0 Å². The molecule has 0 fully saturated rings. The molecule has 128 valence electrons. The molecular formula is C15H14BrFN2O4S. The van der Waals surface area contributed by atoms with Crippen molar-refractivity contribution in [2.75, 3.05) is 18.2 Å². The summed E-state index contributed by atoms with van der Waals surface area (Å²) in [5.41, 5.74) is 0.784. The molecule has 0 saturated carbocycles. The number of halogens is 2. The van der Waals surface area contributed by atoms with Crippen LogP contribution >= 0.6 is 15.9 Å². The Hall–Kier alpha value is -2.00.